The molecule has 0 aliphatic carbocycles. The number of carbonyl (C=O) groups excluding carboxylic acids is 10. The summed E-state index contributed by atoms with van der Waals surface area (Å²) in [6, 6.07) is -2.97. The average Bonchev–Trinajstić information content (AvgIpc) is 4.15. The molecule has 32 heteroatoms. The molecule has 25 N–H and O–H groups in total. The zero-order valence-corrected chi connectivity index (χ0v) is 49.8. The van der Waals surface area contributed by atoms with E-state index in [9.17, 15) is 57.8 Å². The summed E-state index contributed by atoms with van der Waals surface area (Å²) in [4.78, 5) is 162. The number of guanidine groups is 3. The van der Waals surface area contributed by atoms with Crippen LogP contribution in [0.4, 0.5) is 0 Å². The third-order valence-electron chi connectivity index (χ3n) is 13.3. The van der Waals surface area contributed by atoms with Crippen molar-refractivity contribution in [3.05, 3.63) is 35.9 Å². The number of benzene rings is 1. The maximum absolute atomic E-state index is 14.4. The van der Waals surface area contributed by atoms with Gasteiger partial charge < -0.3 is 98.4 Å². The van der Waals surface area contributed by atoms with Gasteiger partial charge in [0.1, 0.15) is 48.3 Å². The molecule has 0 saturated carbocycles. The summed E-state index contributed by atoms with van der Waals surface area (Å²) in [7, 11) is 0. The van der Waals surface area contributed by atoms with E-state index in [0.717, 1.165) is 0 Å². The number of carbonyl (C=O) groups is 11. The molecule has 86 heavy (non-hydrogen) atoms. The predicted molar refractivity (Wildman–Crippen MR) is 320 cm³/mol. The Morgan fingerprint density at radius 2 is 0.930 bits per heavy atom. The smallest absolute Gasteiger partial charge is 0.326 e. The highest BCUT2D eigenvalue weighted by Crippen LogP contribution is 2.19. The van der Waals surface area contributed by atoms with E-state index in [-0.39, 0.29) is 127 Å². The number of aliphatic imine (C=N–C) groups is 3. The zero-order valence-electron chi connectivity index (χ0n) is 49.8. The first-order chi connectivity index (χ1) is 40.5. The Labute approximate surface area is 500 Å². The molecule has 0 radical (unpaired) electrons. The highest BCUT2D eigenvalue weighted by atomic mass is 16.4. The van der Waals surface area contributed by atoms with Gasteiger partial charge in [-0.05, 0) is 95.0 Å². The molecule has 9 atom stereocenters. The van der Waals surface area contributed by atoms with Gasteiger partial charge >= 0.3 is 5.97 Å². The Balaban J connectivity index is 2.41. The van der Waals surface area contributed by atoms with Crippen LogP contribution in [0.3, 0.4) is 0 Å². The third-order valence-corrected chi connectivity index (χ3v) is 13.3. The number of rotatable bonds is 39. The van der Waals surface area contributed by atoms with Crippen molar-refractivity contribution in [2.75, 3.05) is 32.7 Å². The van der Waals surface area contributed by atoms with Crippen molar-refractivity contribution in [1.29, 1.82) is 0 Å². The molecule has 0 spiro atoms. The van der Waals surface area contributed by atoms with Gasteiger partial charge in [0.25, 0.3) is 0 Å². The molecular weight excluding hydrogens is 1120 g/mol. The van der Waals surface area contributed by atoms with Crippen LogP contribution in [0, 0.1) is 11.8 Å². The lowest BCUT2D eigenvalue weighted by atomic mass is 9.99. The van der Waals surface area contributed by atoms with E-state index in [1.54, 1.807) is 58.0 Å². The van der Waals surface area contributed by atoms with Crippen molar-refractivity contribution in [3.63, 3.8) is 0 Å². The molecule has 1 aromatic rings. The predicted octanol–water partition coefficient (Wildman–Crippen LogP) is -5.32. The molecule has 0 unspecified atom stereocenters. The number of hydrogen-bond donors (Lipinski definition) is 17. The van der Waals surface area contributed by atoms with Gasteiger partial charge in [0.2, 0.25) is 59.1 Å². The van der Waals surface area contributed by atoms with Crippen LogP contribution < -0.4 is 88.4 Å². The normalized spacial score (nSPS) is 15.5. The zero-order chi connectivity index (χ0) is 64.6. The van der Waals surface area contributed by atoms with Crippen LogP contribution in [-0.4, -0.2) is 180 Å². The molecule has 32 nitrogen and oxygen atoms in total. The number of amides is 10. The summed E-state index contributed by atoms with van der Waals surface area (Å²) in [5.74, 6) is -10.4. The van der Waals surface area contributed by atoms with Crippen LogP contribution in [0.1, 0.15) is 117 Å². The number of hydrogen-bond acceptors (Lipinski definition) is 15. The number of carboxylic acid groups (broad SMARTS) is 1. The maximum Gasteiger partial charge on any atom is 0.326 e. The minimum Gasteiger partial charge on any atom is -0.480 e. The molecule has 1 aliphatic rings. The number of aliphatic carboxylic acids is 1. The van der Waals surface area contributed by atoms with Crippen molar-refractivity contribution in [2.24, 2.45) is 72.7 Å². The second-order valence-electron chi connectivity index (χ2n) is 21.8. The molecule has 1 fully saturated rings. The molecule has 1 heterocycles. The van der Waals surface area contributed by atoms with Crippen molar-refractivity contribution in [1.82, 2.24) is 47.4 Å². The number of nitrogens with zero attached hydrogens (tertiary/aromatic N) is 4. The fraction of sp³-hybridized carbons (Fsp3) is 0.630. The largest absolute Gasteiger partial charge is 0.480 e. The minimum absolute atomic E-state index is 0.0136. The Morgan fingerprint density at radius 1 is 0.535 bits per heavy atom. The summed E-state index contributed by atoms with van der Waals surface area (Å²) >= 11 is 0. The summed E-state index contributed by atoms with van der Waals surface area (Å²) in [6.45, 7) is 8.23. The molecule has 480 valence electrons. The monoisotopic (exact) mass is 1210 g/mol. The van der Waals surface area contributed by atoms with Crippen molar-refractivity contribution < 1.29 is 57.8 Å². The Morgan fingerprint density at radius 3 is 1.34 bits per heavy atom. The van der Waals surface area contributed by atoms with E-state index in [1.807, 2.05) is 0 Å². The van der Waals surface area contributed by atoms with Gasteiger partial charge in [-0.25, -0.2) is 4.79 Å². The van der Waals surface area contributed by atoms with Crippen LogP contribution in [0.25, 0.3) is 0 Å². The van der Waals surface area contributed by atoms with E-state index in [1.165, 1.54) is 11.8 Å². The first kappa shape index (κ1) is 73.3. The van der Waals surface area contributed by atoms with E-state index < -0.39 is 132 Å². The van der Waals surface area contributed by atoms with Gasteiger partial charge in [-0.3, -0.25) is 62.9 Å². The maximum atomic E-state index is 14.4. The van der Waals surface area contributed by atoms with Crippen LogP contribution in [0.15, 0.2) is 45.3 Å². The minimum atomic E-state index is -1.49. The number of nitrogens with one attached hydrogen (secondary N) is 8. The fourth-order valence-electron chi connectivity index (χ4n) is 8.99. The second-order valence-corrected chi connectivity index (χ2v) is 21.8. The van der Waals surface area contributed by atoms with Crippen LogP contribution in [0.5, 0.6) is 0 Å². The van der Waals surface area contributed by atoms with E-state index >= 15 is 0 Å². The second kappa shape index (κ2) is 38.2. The molecule has 1 aliphatic heterocycles. The summed E-state index contributed by atoms with van der Waals surface area (Å²) in [6.07, 6.45) is 0.197. The standard InChI is InChI=1S/C54H92N20O12/c1-29(2)25-37(48(82)69-35(17-11-23-65-54(61)62)46(80)73-39(51(85)86)27-32-13-7-6-8-14-32)71-45(79)34(16-10-22-64-53(59)60)68-49(83)38(26-30(3)4)72-47(81)36(19-20-41(56)75)70-50(84)40-18-12-24-74(40)42(76)28-66-44(78)33(67-43(77)31(5)55)15-9-21-63-52(57)58/h6-8,13-14,29-31,33-40H,9-12,15-28,55H2,1-5H3,(H2,56,75)(H,66,78)(H,67,77)(H,68,83)(H,69,82)(H,70,84)(H,71,79)(H,72,81)(H,73,80)(H,85,86)(H4,57,58,63)(H4,59,60,64)(H4,61,62,65)/t31-,33-,34-,35-,36-,37-,38-,39-,40-/m0/s1. The molecule has 0 aromatic heterocycles. The van der Waals surface area contributed by atoms with E-state index in [2.05, 4.69) is 57.5 Å². The molecule has 10 amide bonds. The number of likely N-dealkylation sites (tertiary alicyclic amines) is 1. The Bertz CT molecular complexity index is 2540. The van der Waals surface area contributed by atoms with Crippen LogP contribution >= 0.6 is 0 Å². The first-order valence-corrected chi connectivity index (χ1v) is 28.7. The summed E-state index contributed by atoms with van der Waals surface area (Å²) < 4.78 is 0. The lowest BCUT2D eigenvalue weighted by Crippen LogP contribution is -2.60. The lowest BCUT2D eigenvalue weighted by molar-refractivity contribution is -0.142. The Hall–Kier alpha value is -8.84. The summed E-state index contributed by atoms with van der Waals surface area (Å²) in [5, 5.41) is 30.9. The molecular formula is C54H92N20O12. The van der Waals surface area contributed by atoms with Crippen molar-refractivity contribution in [2.45, 2.75) is 172 Å². The van der Waals surface area contributed by atoms with E-state index in [0.29, 0.717) is 12.0 Å². The van der Waals surface area contributed by atoms with Gasteiger partial charge in [0.15, 0.2) is 17.9 Å². The number of nitrogens with two attached hydrogens (primary N) is 8. The third kappa shape index (κ3) is 28.6. The van der Waals surface area contributed by atoms with Gasteiger partial charge in [0, 0.05) is 39.0 Å². The molecule has 0 bridgehead atoms. The highest BCUT2D eigenvalue weighted by Gasteiger charge is 2.38. The van der Waals surface area contributed by atoms with Crippen molar-refractivity contribution in [3.8, 4) is 0 Å². The summed E-state index contributed by atoms with van der Waals surface area (Å²) in [5.41, 5.74) is 44.7. The van der Waals surface area contributed by atoms with Crippen LogP contribution in [-0.2, 0) is 59.2 Å². The number of primary amides is 1. The SMILES string of the molecule is CC(C)C[C@H](NC(=O)[C@H](CCCN=C(N)N)NC(=O)[C@H](CC(C)C)NC(=O)[C@H](CCC(N)=O)NC(=O)[C@@H]1CCCN1C(=O)CNC(=O)[C@H](CCCN=C(N)N)NC(=O)[C@H](C)N)C(=O)N[C@@H](CCCN=C(N)N)C(=O)N[C@@H](Cc1ccccc1)C(=O)O. The van der Waals surface area contributed by atoms with Gasteiger partial charge in [0.05, 0.1) is 12.6 Å². The lowest BCUT2D eigenvalue weighted by Gasteiger charge is -2.29. The fourth-order valence-corrected chi connectivity index (χ4v) is 8.99. The van der Waals surface area contributed by atoms with Gasteiger partial charge in [-0.1, -0.05) is 58.0 Å². The topological polar surface area (TPSA) is 553 Å². The van der Waals surface area contributed by atoms with Gasteiger partial charge in [-0.15, -0.1) is 0 Å². The number of carboxylic acids is 1. The van der Waals surface area contributed by atoms with Gasteiger partial charge in [-0.2, -0.15) is 0 Å². The molecule has 2 rings (SSSR count). The first-order valence-electron chi connectivity index (χ1n) is 28.7. The molecule has 1 aromatic carbocycles. The van der Waals surface area contributed by atoms with Crippen LogP contribution in [0.2, 0.25) is 0 Å². The Kier molecular flexibility index (Phi) is 32.5. The highest BCUT2D eigenvalue weighted by molar-refractivity contribution is 5.98. The quantitative estimate of drug-likeness (QED) is 0.0166. The average molecular weight is 1210 g/mol. The van der Waals surface area contributed by atoms with E-state index in [4.69, 9.17) is 45.9 Å². The molecule has 1 saturated heterocycles. The van der Waals surface area contributed by atoms with Crippen molar-refractivity contribution >= 4 is 82.9 Å².